The summed E-state index contributed by atoms with van der Waals surface area (Å²) in [6, 6.07) is 9.36. The van der Waals surface area contributed by atoms with E-state index >= 15 is 0 Å². The van der Waals surface area contributed by atoms with Gasteiger partial charge in [-0.2, -0.15) is 0 Å². The number of likely N-dealkylation sites (N-methyl/N-ethyl adjacent to an activating group) is 1. The fraction of sp³-hybridized carbons (Fsp3) is 0.579. The predicted octanol–water partition coefficient (Wildman–Crippen LogP) is 0.693. The third kappa shape index (κ3) is 3.58. The van der Waals surface area contributed by atoms with Gasteiger partial charge in [-0.05, 0) is 35.2 Å². The van der Waals surface area contributed by atoms with Gasteiger partial charge in [-0.3, -0.25) is 0 Å². The Balaban J connectivity index is 0.00000182. The van der Waals surface area contributed by atoms with Crippen molar-refractivity contribution in [2.24, 2.45) is 5.92 Å². The number of piperidine rings is 1. The van der Waals surface area contributed by atoms with Crippen LogP contribution in [-0.4, -0.2) is 49.0 Å². The summed E-state index contributed by atoms with van der Waals surface area (Å²) < 4.78 is 6.90. The van der Waals surface area contributed by atoms with Crippen LogP contribution in [0.2, 0.25) is 0 Å². The molecule has 2 aromatic heterocycles. The van der Waals surface area contributed by atoms with Crippen molar-refractivity contribution in [1.82, 2.24) is 0 Å². The molecule has 0 spiro atoms. The van der Waals surface area contributed by atoms with E-state index in [-0.39, 0.29) is 24.0 Å². The minimum atomic E-state index is -0.837. The SMILES string of the molecule is C[N+]1(C)[C@@H]2COC[C@H]1C[C@@H](CC(O)(c1cccs1)c1cccs1)C2.[I-]. The quantitative estimate of drug-likeness (QED) is 0.504. The molecular formula is C19H26INO2S2. The van der Waals surface area contributed by atoms with E-state index in [1.165, 1.54) is 0 Å². The minimum Gasteiger partial charge on any atom is -1.00 e. The lowest BCUT2D eigenvalue weighted by Crippen LogP contribution is -3.00. The van der Waals surface area contributed by atoms with Crippen LogP contribution in [0, 0.1) is 5.92 Å². The zero-order chi connectivity index (χ0) is 16.8. The highest BCUT2D eigenvalue weighted by Crippen LogP contribution is 2.45. The zero-order valence-electron chi connectivity index (χ0n) is 14.7. The molecule has 0 amide bonds. The molecule has 4 heterocycles. The summed E-state index contributed by atoms with van der Waals surface area (Å²) in [6.45, 7) is 1.72. The Morgan fingerprint density at radius 2 is 1.60 bits per heavy atom. The first-order valence-electron chi connectivity index (χ1n) is 8.71. The molecule has 0 radical (unpaired) electrons. The standard InChI is InChI=1S/C19H26NO2S2.HI/c1-20(2)15-9-14(10-16(20)13-22-12-15)11-19(21,17-5-3-7-23-17)18-6-4-8-24-18;/h3-8,14-16,21H,9-13H2,1-2H3;1H/q+1;/p-1/t14-,15-,16+;. The van der Waals surface area contributed by atoms with Gasteiger partial charge in [0.05, 0.1) is 27.3 Å². The zero-order valence-corrected chi connectivity index (χ0v) is 18.5. The molecule has 2 fully saturated rings. The van der Waals surface area contributed by atoms with E-state index in [1.54, 1.807) is 22.7 Å². The molecule has 0 saturated carbocycles. The number of halogens is 1. The topological polar surface area (TPSA) is 29.5 Å². The van der Waals surface area contributed by atoms with Crippen LogP contribution in [0.15, 0.2) is 35.0 Å². The molecule has 0 unspecified atom stereocenters. The first-order valence-corrected chi connectivity index (χ1v) is 10.5. The van der Waals surface area contributed by atoms with Crippen molar-refractivity contribution in [2.45, 2.75) is 36.9 Å². The van der Waals surface area contributed by atoms with Gasteiger partial charge in [0.25, 0.3) is 0 Å². The molecule has 2 aliphatic rings. The van der Waals surface area contributed by atoms with Crippen LogP contribution in [0.25, 0.3) is 0 Å². The summed E-state index contributed by atoms with van der Waals surface area (Å²) in [7, 11) is 4.69. The van der Waals surface area contributed by atoms with Crippen molar-refractivity contribution in [3.05, 3.63) is 44.8 Å². The fourth-order valence-electron chi connectivity index (χ4n) is 4.50. The van der Waals surface area contributed by atoms with Crippen molar-refractivity contribution in [3.63, 3.8) is 0 Å². The van der Waals surface area contributed by atoms with Crippen LogP contribution in [0.1, 0.15) is 29.0 Å². The van der Waals surface area contributed by atoms with Crippen LogP contribution in [-0.2, 0) is 10.3 Å². The summed E-state index contributed by atoms with van der Waals surface area (Å²) in [5.74, 6) is 0.546. The third-order valence-electron chi connectivity index (χ3n) is 6.16. The highest BCUT2D eigenvalue weighted by Gasteiger charge is 2.49. The second-order valence-electron chi connectivity index (χ2n) is 7.83. The van der Waals surface area contributed by atoms with Crippen molar-refractivity contribution >= 4 is 22.7 Å². The number of nitrogens with zero attached hydrogens (tertiary/aromatic N) is 1. The second kappa shape index (κ2) is 7.56. The Labute approximate surface area is 175 Å². The number of quaternary nitrogens is 1. The van der Waals surface area contributed by atoms with Gasteiger partial charge >= 0.3 is 0 Å². The molecular weight excluding hydrogens is 465 g/mol. The van der Waals surface area contributed by atoms with Gasteiger partial charge in [-0.1, -0.05) is 12.1 Å². The molecule has 2 aliphatic heterocycles. The summed E-state index contributed by atoms with van der Waals surface area (Å²) >= 11 is 3.33. The molecule has 2 bridgehead atoms. The molecule has 4 rings (SSSR count). The number of fused-ring (bicyclic) bond motifs is 2. The molecule has 3 atom stereocenters. The van der Waals surface area contributed by atoms with Crippen molar-refractivity contribution in [1.29, 1.82) is 0 Å². The van der Waals surface area contributed by atoms with Crippen LogP contribution >= 0.6 is 22.7 Å². The van der Waals surface area contributed by atoms with E-state index in [0.29, 0.717) is 18.0 Å². The lowest BCUT2D eigenvalue weighted by Gasteiger charge is -2.53. The number of aliphatic hydroxyl groups is 1. The maximum absolute atomic E-state index is 11.7. The van der Waals surface area contributed by atoms with E-state index in [9.17, 15) is 5.11 Å². The first kappa shape index (κ1) is 19.8. The van der Waals surface area contributed by atoms with Crippen LogP contribution < -0.4 is 24.0 Å². The van der Waals surface area contributed by atoms with Crippen molar-refractivity contribution in [3.8, 4) is 0 Å². The predicted molar refractivity (Wildman–Crippen MR) is 99.5 cm³/mol. The summed E-state index contributed by atoms with van der Waals surface area (Å²) in [5, 5.41) is 15.8. The lowest BCUT2D eigenvalue weighted by atomic mass is 9.76. The highest BCUT2D eigenvalue weighted by atomic mass is 127. The molecule has 3 nitrogen and oxygen atoms in total. The van der Waals surface area contributed by atoms with Crippen molar-refractivity contribution < 1.29 is 38.3 Å². The van der Waals surface area contributed by atoms with Crippen LogP contribution in [0.4, 0.5) is 0 Å². The Morgan fingerprint density at radius 3 is 2.04 bits per heavy atom. The van der Waals surface area contributed by atoms with Gasteiger partial charge < -0.3 is 38.3 Å². The summed E-state index contributed by atoms with van der Waals surface area (Å²) in [4.78, 5) is 2.15. The molecule has 6 heteroatoms. The molecule has 138 valence electrons. The van der Waals surface area contributed by atoms with E-state index in [4.69, 9.17) is 4.74 Å². The van der Waals surface area contributed by atoms with E-state index in [0.717, 1.165) is 46.7 Å². The second-order valence-corrected chi connectivity index (χ2v) is 9.73. The molecule has 0 aliphatic carbocycles. The molecule has 2 saturated heterocycles. The number of thiophene rings is 2. The van der Waals surface area contributed by atoms with Gasteiger partial charge in [0, 0.05) is 22.6 Å². The monoisotopic (exact) mass is 491 g/mol. The minimum absolute atomic E-state index is 0. The Bertz CT molecular complexity index is 621. The average Bonchev–Trinajstić information content (AvgIpc) is 3.22. The van der Waals surface area contributed by atoms with Crippen molar-refractivity contribution in [2.75, 3.05) is 27.3 Å². The maximum Gasteiger partial charge on any atom is 0.133 e. The highest BCUT2D eigenvalue weighted by molar-refractivity contribution is 7.11. The lowest BCUT2D eigenvalue weighted by molar-refractivity contribution is -0.953. The third-order valence-corrected chi connectivity index (χ3v) is 8.20. The van der Waals surface area contributed by atoms with E-state index in [1.807, 2.05) is 12.1 Å². The van der Waals surface area contributed by atoms with E-state index < -0.39 is 5.60 Å². The van der Waals surface area contributed by atoms with Gasteiger partial charge in [-0.25, -0.2) is 0 Å². The number of morpholine rings is 1. The Kier molecular flexibility index (Phi) is 5.98. The van der Waals surface area contributed by atoms with Gasteiger partial charge in [-0.15, -0.1) is 22.7 Å². The molecule has 25 heavy (non-hydrogen) atoms. The average molecular weight is 491 g/mol. The van der Waals surface area contributed by atoms with Crippen LogP contribution in [0.5, 0.6) is 0 Å². The number of ether oxygens (including phenoxy) is 1. The summed E-state index contributed by atoms with van der Waals surface area (Å²) in [5.41, 5.74) is -0.837. The van der Waals surface area contributed by atoms with Gasteiger partial charge in [0.2, 0.25) is 0 Å². The number of rotatable bonds is 4. The fourth-order valence-corrected chi connectivity index (χ4v) is 6.27. The normalized spacial score (nSPS) is 28.4. The van der Waals surface area contributed by atoms with Gasteiger partial charge in [0.1, 0.15) is 17.7 Å². The molecule has 2 aromatic rings. The Morgan fingerprint density at radius 1 is 1.08 bits per heavy atom. The number of hydrogen-bond donors (Lipinski definition) is 1. The number of hydrogen-bond acceptors (Lipinski definition) is 4. The first-order chi connectivity index (χ1) is 11.5. The maximum atomic E-state index is 11.7. The largest absolute Gasteiger partial charge is 1.00 e. The molecule has 0 aromatic carbocycles. The van der Waals surface area contributed by atoms with E-state index in [2.05, 4.69) is 37.0 Å². The summed E-state index contributed by atoms with van der Waals surface area (Å²) in [6.07, 6.45) is 3.10. The smallest absolute Gasteiger partial charge is 0.133 e. The van der Waals surface area contributed by atoms with Gasteiger partial charge in [0.15, 0.2) is 0 Å². The van der Waals surface area contributed by atoms with Crippen LogP contribution in [0.3, 0.4) is 0 Å². The molecule has 1 N–H and O–H groups in total. The Hall–Kier alpha value is 0.01000.